The Morgan fingerprint density at radius 3 is 2.48 bits per heavy atom. The Morgan fingerprint density at radius 1 is 1.12 bits per heavy atom. The molecule has 3 rings (SSSR count). The number of benzene rings is 2. The van der Waals surface area contributed by atoms with Crippen LogP contribution in [0, 0.1) is 9.49 Å². The first kappa shape index (κ1) is 18.2. The molecular weight excluding hydrogens is 457 g/mol. The lowest BCUT2D eigenvalue weighted by atomic mass is 10.1. The summed E-state index contributed by atoms with van der Waals surface area (Å²) >= 11 is 2.18. The van der Waals surface area contributed by atoms with Crippen LogP contribution < -0.4 is 4.72 Å². The SMILES string of the molecule is CC(C)C(NS(=O)(=O)c1ccc2oc3cc(I)ccc3c2c1)C(=O)O. The Morgan fingerprint density at radius 2 is 1.84 bits per heavy atom. The lowest BCUT2D eigenvalue weighted by Gasteiger charge is -2.17. The molecule has 0 aliphatic rings. The van der Waals surface area contributed by atoms with E-state index in [4.69, 9.17) is 4.42 Å². The number of halogens is 1. The molecule has 2 N–H and O–H groups in total. The number of hydrogen-bond acceptors (Lipinski definition) is 4. The second-order valence-electron chi connectivity index (χ2n) is 6.08. The molecule has 0 bridgehead atoms. The summed E-state index contributed by atoms with van der Waals surface area (Å²) in [5, 5.41) is 10.7. The molecule has 8 heteroatoms. The van der Waals surface area contributed by atoms with Gasteiger partial charge in [0.2, 0.25) is 10.0 Å². The van der Waals surface area contributed by atoms with Gasteiger partial charge in [-0.3, -0.25) is 4.79 Å². The second-order valence-corrected chi connectivity index (χ2v) is 9.04. The highest BCUT2D eigenvalue weighted by molar-refractivity contribution is 14.1. The van der Waals surface area contributed by atoms with Crippen molar-refractivity contribution in [3.05, 3.63) is 40.0 Å². The van der Waals surface area contributed by atoms with Gasteiger partial charge in [-0.05, 0) is 64.9 Å². The molecule has 0 aliphatic carbocycles. The number of furan rings is 1. The molecule has 1 atom stereocenters. The van der Waals surface area contributed by atoms with Gasteiger partial charge in [-0.2, -0.15) is 4.72 Å². The van der Waals surface area contributed by atoms with E-state index in [2.05, 4.69) is 27.3 Å². The Hall–Kier alpha value is -1.65. The quantitative estimate of drug-likeness (QED) is 0.553. The number of carboxylic acid groups (broad SMARTS) is 1. The molecule has 0 radical (unpaired) electrons. The van der Waals surface area contributed by atoms with Crippen LogP contribution in [0.3, 0.4) is 0 Å². The molecule has 3 aromatic rings. The minimum absolute atomic E-state index is 0.00755. The zero-order chi connectivity index (χ0) is 18.4. The predicted octanol–water partition coefficient (Wildman–Crippen LogP) is 3.58. The van der Waals surface area contributed by atoms with E-state index in [9.17, 15) is 18.3 Å². The topological polar surface area (TPSA) is 96.6 Å². The van der Waals surface area contributed by atoms with Crippen molar-refractivity contribution in [1.82, 2.24) is 4.72 Å². The monoisotopic (exact) mass is 473 g/mol. The van der Waals surface area contributed by atoms with Gasteiger partial charge in [-0.25, -0.2) is 8.42 Å². The van der Waals surface area contributed by atoms with E-state index < -0.39 is 22.0 Å². The average Bonchev–Trinajstić information content (AvgIpc) is 2.88. The van der Waals surface area contributed by atoms with Gasteiger partial charge < -0.3 is 9.52 Å². The number of fused-ring (bicyclic) bond motifs is 3. The normalized spacial score (nSPS) is 13.6. The molecule has 1 aromatic heterocycles. The van der Waals surface area contributed by atoms with Gasteiger partial charge in [0.15, 0.2) is 0 Å². The van der Waals surface area contributed by atoms with Gasteiger partial charge in [-0.15, -0.1) is 0 Å². The molecule has 1 unspecified atom stereocenters. The van der Waals surface area contributed by atoms with Crippen molar-refractivity contribution in [1.29, 1.82) is 0 Å². The lowest BCUT2D eigenvalue weighted by molar-refractivity contribution is -0.140. The molecule has 0 fully saturated rings. The Kier molecular flexibility index (Phi) is 4.78. The maximum absolute atomic E-state index is 12.6. The summed E-state index contributed by atoms with van der Waals surface area (Å²) in [4.78, 5) is 11.3. The van der Waals surface area contributed by atoms with Crippen LogP contribution in [-0.2, 0) is 14.8 Å². The second kappa shape index (κ2) is 6.58. The van der Waals surface area contributed by atoms with E-state index in [-0.39, 0.29) is 10.8 Å². The Bertz CT molecular complexity index is 1070. The van der Waals surface area contributed by atoms with Crippen LogP contribution in [-0.4, -0.2) is 25.5 Å². The minimum Gasteiger partial charge on any atom is -0.480 e. The number of carboxylic acids is 1. The van der Waals surface area contributed by atoms with E-state index >= 15 is 0 Å². The molecule has 1 heterocycles. The Labute approximate surface area is 158 Å². The molecule has 6 nitrogen and oxygen atoms in total. The number of nitrogens with one attached hydrogen (secondary N) is 1. The molecule has 0 aliphatic heterocycles. The van der Waals surface area contributed by atoms with E-state index in [1.54, 1.807) is 19.9 Å². The summed E-state index contributed by atoms with van der Waals surface area (Å²) in [6, 6.07) is 8.98. The van der Waals surface area contributed by atoms with Crippen LogP contribution in [0.25, 0.3) is 21.9 Å². The summed E-state index contributed by atoms with van der Waals surface area (Å²) < 4.78 is 34.2. The Balaban J connectivity index is 2.08. The largest absolute Gasteiger partial charge is 0.480 e. The summed E-state index contributed by atoms with van der Waals surface area (Å²) in [5.74, 6) is -1.59. The van der Waals surface area contributed by atoms with Crippen molar-refractivity contribution < 1.29 is 22.7 Å². The van der Waals surface area contributed by atoms with Gasteiger partial charge in [0.05, 0.1) is 4.90 Å². The first-order valence-electron chi connectivity index (χ1n) is 7.56. The van der Waals surface area contributed by atoms with Crippen LogP contribution in [0.5, 0.6) is 0 Å². The van der Waals surface area contributed by atoms with Gasteiger partial charge >= 0.3 is 5.97 Å². The van der Waals surface area contributed by atoms with Crippen molar-refractivity contribution in [3.63, 3.8) is 0 Å². The highest BCUT2D eigenvalue weighted by atomic mass is 127. The zero-order valence-electron chi connectivity index (χ0n) is 13.5. The van der Waals surface area contributed by atoms with E-state index in [1.165, 1.54) is 12.1 Å². The summed E-state index contributed by atoms with van der Waals surface area (Å²) in [5.41, 5.74) is 1.25. The molecule has 0 saturated heterocycles. The summed E-state index contributed by atoms with van der Waals surface area (Å²) in [6.07, 6.45) is 0. The fourth-order valence-electron chi connectivity index (χ4n) is 2.60. The van der Waals surface area contributed by atoms with Gasteiger partial charge in [-0.1, -0.05) is 13.8 Å². The lowest BCUT2D eigenvalue weighted by Crippen LogP contribution is -2.44. The van der Waals surface area contributed by atoms with Crippen molar-refractivity contribution in [3.8, 4) is 0 Å². The molecular formula is C17H16INO5S. The molecule has 25 heavy (non-hydrogen) atoms. The first-order valence-corrected chi connectivity index (χ1v) is 10.1. The third-order valence-electron chi connectivity index (χ3n) is 3.93. The fourth-order valence-corrected chi connectivity index (χ4v) is 4.43. The standard InChI is InChI=1S/C17H16INO5S/c1-9(2)16(17(20)21)19-25(22,23)11-4-6-14-13(8-11)12-5-3-10(18)7-15(12)24-14/h3-9,16,19H,1-2H3,(H,20,21). The number of hydrogen-bond donors (Lipinski definition) is 2. The zero-order valence-corrected chi connectivity index (χ0v) is 16.5. The van der Waals surface area contributed by atoms with E-state index in [0.717, 1.165) is 8.96 Å². The highest BCUT2D eigenvalue weighted by Gasteiger charge is 2.28. The summed E-state index contributed by atoms with van der Waals surface area (Å²) in [6.45, 7) is 3.30. The van der Waals surface area contributed by atoms with Crippen molar-refractivity contribution in [2.75, 3.05) is 0 Å². The molecule has 2 aromatic carbocycles. The number of sulfonamides is 1. The highest BCUT2D eigenvalue weighted by Crippen LogP contribution is 2.31. The number of carbonyl (C=O) groups is 1. The third kappa shape index (κ3) is 3.51. The van der Waals surface area contributed by atoms with Crippen LogP contribution in [0.15, 0.2) is 45.7 Å². The minimum atomic E-state index is -3.97. The molecule has 132 valence electrons. The van der Waals surface area contributed by atoms with Gasteiger partial charge in [0, 0.05) is 14.3 Å². The van der Waals surface area contributed by atoms with Gasteiger partial charge in [0.1, 0.15) is 17.2 Å². The van der Waals surface area contributed by atoms with Crippen molar-refractivity contribution in [2.24, 2.45) is 5.92 Å². The average molecular weight is 473 g/mol. The molecule has 0 amide bonds. The maximum atomic E-state index is 12.6. The fraction of sp³-hybridized carbons (Fsp3) is 0.235. The van der Waals surface area contributed by atoms with Crippen LogP contribution in [0.4, 0.5) is 0 Å². The number of rotatable bonds is 5. The molecule has 0 spiro atoms. The summed E-state index contributed by atoms with van der Waals surface area (Å²) in [7, 11) is -3.97. The van der Waals surface area contributed by atoms with E-state index in [0.29, 0.717) is 16.6 Å². The number of aliphatic carboxylic acids is 1. The predicted molar refractivity (Wildman–Crippen MR) is 103 cm³/mol. The van der Waals surface area contributed by atoms with Crippen LogP contribution in [0.1, 0.15) is 13.8 Å². The van der Waals surface area contributed by atoms with Gasteiger partial charge in [0.25, 0.3) is 0 Å². The van der Waals surface area contributed by atoms with Crippen molar-refractivity contribution >= 4 is 60.5 Å². The van der Waals surface area contributed by atoms with Crippen molar-refractivity contribution in [2.45, 2.75) is 24.8 Å². The van der Waals surface area contributed by atoms with E-state index in [1.807, 2.05) is 18.2 Å². The van der Waals surface area contributed by atoms with Crippen LogP contribution >= 0.6 is 22.6 Å². The molecule has 0 saturated carbocycles. The smallest absolute Gasteiger partial charge is 0.322 e. The third-order valence-corrected chi connectivity index (χ3v) is 6.04. The van der Waals surface area contributed by atoms with Crippen LogP contribution in [0.2, 0.25) is 0 Å². The maximum Gasteiger partial charge on any atom is 0.322 e. The first-order chi connectivity index (χ1) is 11.7.